The Morgan fingerprint density at radius 1 is 0.339 bits per heavy atom. The molecular formula is C51H30N4O. The summed E-state index contributed by atoms with van der Waals surface area (Å²) in [4.78, 5) is 15.1. The van der Waals surface area contributed by atoms with E-state index in [0.717, 1.165) is 49.7 Å². The molecule has 56 heavy (non-hydrogen) atoms. The van der Waals surface area contributed by atoms with Gasteiger partial charge in [-0.15, -0.1) is 0 Å². The number of hydrogen-bond donors (Lipinski definition) is 0. The largest absolute Gasteiger partial charge is 0.454 e. The fourth-order valence-corrected chi connectivity index (χ4v) is 8.56. The van der Waals surface area contributed by atoms with Crippen molar-refractivity contribution >= 4 is 76.1 Å². The van der Waals surface area contributed by atoms with Crippen LogP contribution in [0.15, 0.2) is 186 Å². The minimum Gasteiger partial charge on any atom is -0.454 e. The third-order valence-electron chi connectivity index (χ3n) is 11.2. The molecule has 0 spiro atoms. The minimum atomic E-state index is 0.588. The van der Waals surface area contributed by atoms with Crippen molar-refractivity contribution < 1.29 is 4.42 Å². The number of benzene rings is 9. The normalized spacial score (nSPS) is 11.9. The lowest BCUT2D eigenvalue weighted by molar-refractivity contribution is 0.666. The molecule has 5 nitrogen and oxygen atoms in total. The van der Waals surface area contributed by atoms with Crippen molar-refractivity contribution in [3.05, 3.63) is 182 Å². The van der Waals surface area contributed by atoms with Crippen molar-refractivity contribution in [1.82, 2.24) is 19.5 Å². The van der Waals surface area contributed by atoms with E-state index in [1.54, 1.807) is 0 Å². The number of hydrogen-bond acceptors (Lipinski definition) is 4. The Labute approximate surface area is 320 Å². The molecule has 3 heterocycles. The van der Waals surface area contributed by atoms with Crippen molar-refractivity contribution in [3.8, 4) is 39.9 Å². The van der Waals surface area contributed by atoms with Crippen LogP contribution in [-0.2, 0) is 0 Å². The average molecular weight is 715 g/mol. The average Bonchev–Trinajstić information content (AvgIpc) is 3.82. The molecule has 0 bridgehead atoms. The molecule has 0 N–H and O–H groups in total. The highest BCUT2D eigenvalue weighted by Crippen LogP contribution is 2.43. The van der Waals surface area contributed by atoms with Crippen molar-refractivity contribution in [2.24, 2.45) is 0 Å². The lowest BCUT2D eigenvalue weighted by Gasteiger charge is -2.12. The number of fused-ring (bicyclic) bond motifs is 11. The fourth-order valence-electron chi connectivity index (χ4n) is 8.56. The minimum absolute atomic E-state index is 0.588. The van der Waals surface area contributed by atoms with E-state index in [1.807, 2.05) is 30.3 Å². The highest BCUT2D eigenvalue weighted by atomic mass is 16.3. The highest BCUT2D eigenvalue weighted by molar-refractivity contribution is 6.24. The molecule has 12 rings (SSSR count). The molecule has 0 fully saturated rings. The predicted octanol–water partition coefficient (Wildman–Crippen LogP) is 13.3. The maximum Gasteiger partial charge on any atom is 0.164 e. The van der Waals surface area contributed by atoms with E-state index in [2.05, 4.69) is 156 Å². The topological polar surface area (TPSA) is 56.7 Å². The summed E-state index contributed by atoms with van der Waals surface area (Å²) in [6, 6.07) is 63.9. The highest BCUT2D eigenvalue weighted by Gasteiger charge is 2.21. The summed E-state index contributed by atoms with van der Waals surface area (Å²) in [7, 11) is 0. The summed E-state index contributed by atoms with van der Waals surface area (Å²) >= 11 is 0. The number of nitrogens with zero attached hydrogens (tertiary/aromatic N) is 4. The first kappa shape index (κ1) is 30.8. The first-order chi connectivity index (χ1) is 27.7. The van der Waals surface area contributed by atoms with Crippen LogP contribution in [-0.4, -0.2) is 19.5 Å². The van der Waals surface area contributed by atoms with Crippen LogP contribution in [0.4, 0.5) is 0 Å². The standard InChI is InChI=1S/C51H30N4O/c1-2-14-34(15-3-1)49-52-50(36-22-21-31-11-4-5-16-35(31)29-36)54-51(53-49)37-25-26-40-43-19-10-20-44(48(43)56-45(40)30-37)55-46-38-17-8-6-12-32(38)23-27-41(46)42-28-24-33-13-7-9-18-39(33)47(42)55/h1-30H. The third-order valence-corrected chi connectivity index (χ3v) is 11.2. The molecule has 0 saturated heterocycles. The molecular weight excluding hydrogens is 685 g/mol. The maximum absolute atomic E-state index is 6.98. The van der Waals surface area contributed by atoms with Gasteiger partial charge in [-0.1, -0.05) is 158 Å². The zero-order valence-electron chi connectivity index (χ0n) is 30.0. The van der Waals surface area contributed by atoms with Gasteiger partial charge in [-0.2, -0.15) is 0 Å². The molecule has 0 atom stereocenters. The molecule has 0 amide bonds. The van der Waals surface area contributed by atoms with Gasteiger partial charge in [0.15, 0.2) is 23.1 Å². The van der Waals surface area contributed by atoms with Crippen LogP contribution in [0, 0.1) is 0 Å². The molecule has 0 aliphatic carbocycles. The Bertz CT molecular complexity index is 3450. The van der Waals surface area contributed by atoms with Crippen LogP contribution in [0.3, 0.4) is 0 Å². The van der Waals surface area contributed by atoms with Gasteiger partial charge >= 0.3 is 0 Å². The lowest BCUT2D eigenvalue weighted by Crippen LogP contribution is -2.00. The van der Waals surface area contributed by atoms with Gasteiger partial charge in [-0.25, -0.2) is 15.0 Å². The van der Waals surface area contributed by atoms with Gasteiger partial charge in [0, 0.05) is 49.0 Å². The van der Waals surface area contributed by atoms with Crippen molar-refractivity contribution in [3.63, 3.8) is 0 Å². The van der Waals surface area contributed by atoms with Gasteiger partial charge in [0.2, 0.25) is 0 Å². The van der Waals surface area contributed by atoms with Gasteiger partial charge in [0.05, 0.1) is 16.7 Å². The summed E-state index contributed by atoms with van der Waals surface area (Å²) in [5, 5.41) is 11.6. The number of aromatic nitrogens is 4. The van der Waals surface area contributed by atoms with Crippen molar-refractivity contribution in [1.29, 1.82) is 0 Å². The van der Waals surface area contributed by atoms with Crippen molar-refractivity contribution in [2.45, 2.75) is 0 Å². The smallest absolute Gasteiger partial charge is 0.164 e. The second kappa shape index (κ2) is 11.9. The summed E-state index contributed by atoms with van der Waals surface area (Å²) < 4.78 is 9.40. The molecule has 3 aromatic heterocycles. The van der Waals surface area contributed by atoms with Crippen LogP contribution in [0.2, 0.25) is 0 Å². The van der Waals surface area contributed by atoms with E-state index >= 15 is 0 Å². The Balaban J connectivity index is 1.09. The van der Waals surface area contributed by atoms with Crippen LogP contribution in [0.1, 0.15) is 0 Å². The lowest BCUT2D eigenvalue weighted by atomic mass is 10.0. The number of furan rings is 1. The summed E-state index contributed by atoms with van der Waals surface area (Å²) in [5.74, 6) is 1.83. The molecule has 9 aromatic carbocycles. The van der Waals surface area contributed by atoms with E-state index in [0.29, 0.717) is 17.5 Å². The molecule has 0 unspecified atom stereocenters. The van der Waals surface area contributed by atoms with Gasteiger partial charge in [-0.3, -0.25) is 0 Å². The number of para-hydroxylation sites is 1. The van der Waals surface area contributed by atoms with Gasteiger partial charge in [0.1, 0.15) is 5.58 Å². The van der Waals surface area contributed by atoms with Crippen LogP contribution in [0.5, 0.6) is 0 Å². The van der Waals surface area contributed by atoms with Crippen LogP contribution in [0.25, 0.3) is 116 Å². The Kier molecular flexibility index (Phi) is 6.56. The molecule has 0 aliphatic heterocycles. The summed E-state index contributed by atoms with van der Waals surface area (Å²) in [6.07, 6.45) is 0. The number of rotatable bonds is 4. The maximum atomic E-state index is 6.98. The third kappa shape index (κ3) is 4.64. The van der Waals surface area contributed by atoms with Gasteiger partial charge in [-0.05, 0) is 45.8 Å². The Hall–Kier alpha value is -7.63. The second-order valence-corrected chi connectivity index (χ2v) is 14.4. The molecule has 260 valence electrons. The first-order valence-corrected chi connectivity index (χ1v) is 18.9. The van der Waals surface area contributed by atoms with Gasteiger partial charge in [0.25, 0.3) is 0 Å². The first-order valence-electron chi connectivity index (χ1n) is 18.9. The summed E-state index contributed by atoms with van der Waals surface area (Å²) in [6.45, 7) is 0. The quantitative estimate of drug-likeness (QED) is 0.182. The Morgan fingerprint density at radius 2 is 0.857 bits per heavy atom. The molecule has 0 radical (unpaired) electrons. The molecule has 0 aliphatic rings. The second-order valence-electron chi connectivity index (χ2n) is 14.4. The van der Waals surface area contributed by atoms with E-state index in [9.17, 15) is 0 Å². The van der Waals surface area contributed by atoms with Crippen LogP contribution < -0.4 is 0 Å². The summed E-state index contributed by atoms with van der Waals surface area (Å²) in [5.41, 5.74) is 7.66. The zero-order valence-corrected chi connectivity index (χ0v) is 30.0. The Morgan fingerprint density at radius 3 is 1.55 bits per heavy atom. The molecule has 0 saturated carbocycles. The van der Waals surface area contributed by atoms with Crippen molar-refractivity contribution in [2.75, 3.05) is 0 Å². The van der Waals surface area contributed by atoms with E-state index < -0.39 is 0 Å². The fraction of sp³-hybridized carbons (Fsp3) is 0. The van der Waals surface area contributed by atoms with Gasteiger partial charge < -0.3 is 8.98 Å². The molecule has 5 heteroatoms. The van der Waals surface area contributed by atoms with E-state index in [1.165, 1.54) is 48.7 Å². The SMILES string of the molecule is c1ccc(-c2nc(-c3ccc4ccccc4c3)nc(-c3ccc4c(c3)oc3c(-n5c6c7ccccc7ccc6c6ccc7ccccc7c65)cccc34)n2)cc1. The molecule has 12 aromatic rings. The van der Waals surface area contributed by atoms with E-state index in [4.69, 9.17) is 19.4 Å². The van der Waals surface area contributed by atoms with Crippen LogP contribution >= 0.6 is 0 Å². The zero-order chi connectivity index (χ0) is 36.7. The monoisotopic (exact) mass is 714 g/mol. The van der Waals surface area contributed by atoms with E-state index in [-0.39, 0.29) is 0 Å². The predicted molar refractivity (Wildman–Crippen MR) is 230 cm³/mol.